The molecule has 7 heteroatoms. The number of nitro groups is 1. The molecule has 2 aromatic rings. The average Bonchev–Trinajstić information content (AvgIpc) is 2.78. The van der Waals surface area contributed by atoms with Crippen molar-refractivity contribution in [1.29, 1.82) is 0 Å². The molecule has 0 atom stereocenters. The number of anilines is 1. The fourth-order valence-electron chi connectivity index (χ4n) is 1.53. The second kappa shape index (κ2) is 5.66. The van der Waals surface area contributed by atoms with Gasteiger partial charge in [0, 0.05) is 23.2 Å². The Hall–Kier alpha value is -1.48. The third-order valence-electron chi connectivity index (χ3n) is 2.50. The average molecular weight is 388 g/mol. The number of halogens is 1. The third kappa shape index (κ3) is 3.29. The molecule has 2 rings (SSSR count). The van der Waals surface area contributed by atoms with E-state index >= 15 is 0 Å². The summed E-state index contributed by atoms with van der Waals surface area (Å²) in [4.78, 5) is 22.1. The smallest absolute Gasteiger partial charge is 0.269 e. The number of amides is 1. The van der Waals surface area contributed by atoms with Crippen LogP contribution in [0, 0.1) is 19.9 Å². The molecule has 0 unspecified atom stereocenters. The number of nitro benzene ring substituents is 1. The lowest BCUT2D eigenvalue weighted by atomic mass is 10.1. The fourth-order valence-corrected chi connectivity index (χ4v) is 2.85. The first-order valence-electron chi connectivity index (χ1n) is 5.28. The minimum Gasteiger partial charge on any atom is -0.322 e. The number of hydrogen-bond acceptors (Lipinski definition) is 4. The fraction of sp³-hybridized carbons (Fsp3) is 0.0833. The molecular formula is C12H9IN2O3S. The van der Waals surface area contributed by atoms with Gasteiger partial charge >= 0.3 is 0 Å². The van der Waals surface area contributed by atoms with E-state index in [0.29, 0.717) is 16.8 Å². The van der Waals surface area contributed by atoms with Crippen LogP contribution in [-0.4, -0.2) is 10.8 Å². The van der Waals surface area contributed by atoms with Crippen LogP contribution in [0.25, 0.3) is 0 Å². The van der Waals surface area contributed by atoms with Crippen molar-refractivity contribution >= 4 is 51.2 Å². The number of nitrogens with zero attached hydrogens (tertiary/aromatic N) is 1. The number of non-ortho nitro benzene ring substituents is 1. The van der Waals surface area contributed by atoms with Gasteiger partial charge < -0.3 is 5.32 Å². The summed E-state index contributed by atoms with van der Waals surface area (Å²) in [6, 6.07) is 6.15. The lowest BCUT2D eigenvalue weighted by Gasteiger charge is -2.07. The van der Waals surface area contributed by atoms with Crippen molar-refractivity contribution in [3.63, 3.8) is 0 Å². The van der Waals surface area contributed by atoms with Gasteiger partial charge in [0.05, 0.1) is 13.4 Å². The number of nitrogens with one attached hydrogen (secondary N) is 1. The van der Waals surface area contributed by atoms with E-state index in [1.165, 1.54) is 23.5 Å². The van der Waals surface area contributed by atoms with Gasteiger partial charge in [-0.25, -0.2) is 0 Å². The standard InChI is InChI=1S/C12H9IN2O3S/c1-7-4-9(15(17)18)2-3-10(7)14-12(16)8-5-11(13)19-6-8/h2-6H,1H3,(H,14,16). The van der Waals surface area contributed by atoms with E-state index in [4.69, 9.17) is 0 Å². The lowest BCUT2D eigenvalue weighted by Crippen LogP contribution is -2.11. The number of benzene rings is 1. The summed E-state index contributed by atoms with van der Waals surface area (Å²) >= 11 is 3.64. The van der Waals surface area contributed by atoms with Crippen LogP contribution < -0.4 is 5.32 Å². The Labute approximate surface area is 126 Å². The topological polar surface area (TPSA) is 72.2 Å². The Kier molecular flexibility index (Phi) is 4.15. The molecule has 0 radical (unpaired) electrons. The van der Waals surface area contributed by atoms with Gasteiger partial charge in [0.1, 0.15) is 0 Å². The molecule has 1 aromatic heterocycles. The first-order chi connectivity index (χ1) is 8.97. The second-order valence-corrected chi connectivity index (χ2v) is 6.66. The maximum absolute atomic E-state index is 12.0. The van der Waals surface area contributed by atoms with Crippen molar-refractivity contribution in [2.24, 2.45) is 0 Å². The molecule has 0 aliphatic carbocycles. The second-order valence-electron chi connectivity index (χ2n) is 3.85. The predicted octanol–water partition coefficient (Wildman–Crippen LogP) is 3.82. The van der Waals surface area contributed by atoms with Gasteiger partial charge in [-0.05, 0) is 47.2 Å². The number of aryl methyl sites for hydroxylation is 1. The molecule has 5 nitrogen and oxygen atoms in total. The van der Waals surface area contributed by atoms with Crippen molar-refractivity contribution in [3.8, 4) is 0 Å². The van der Waals surface area contributed by atoms with Crippen molar-refractivity contribution in [2.75, 3.05) is 5.32 Å². The quantitative estimate of drug-likeness (QED) is 0.494. The van der Waals surface area contributed by atoms with Crippen LogP contribution in [0.2, 0.25) is 0 Å². The first kappa shape index (κ1) is 13.9. The van der Waals surface area contributed by atoms with Crippen molar-refractivity contribution in [2.45, 2.75) is 6.92 Å². The van der Waals surface area contributed by atoms with Crippen LogP contribution >= 0.6 is 33.9 Å². The molecule has 0 saturated heterocycles. The van der Waals surface area contributed by atoms with E-state index < -0.39 is 4.92 Å². The highest BCUT2D eigenvalue weighted by Gasteiger charge is 2.12. The Morgan fingerprint density at radius 3 is 2.68 bits per heavy atom. The normalized spacial score (nSPS) is 10.2. The summed E-state index contributed by atoms with van der Waals surface area (Å²) in [7, 11) is 0. The number of thiophene rings is 1. The molecule has 0 aliphatic rings. The van der Waals surface area contributed by atoms with Crippen molar-refractivity contribution in [3.05, 3.63) is 53.8 Å². The molecule has 1 aromatic carbocycles. The van der Waals surface area contributed by atoms with E-state index in [-0.39, 0.29) is 11.6 Å². The van der Waals surface area contributed by atoms with Crippen LogP contribution in [0.15, 0.2) is 29.6 Å². The highest BCUT2D eigenvalue weighted by Crippen LogP contribution is 2.23. The zero-order valence-electron chi connectivity index (χ0n) is 9.84. The summed E-state index contributed by atoms with van der Waals surface area (Å²) in [5.74, 6) is -0.212. The van der Waals surface area contributed by atoms with Gasteiger partial charge in [0.25, 0.3) is 11.6 Å². The van der Waals surface area contributed by atoms with Crippen LogP contribution in [0.4, 0.5) is 11.4 Å². The number of hydrogen-bond donors (Lipinski definition) is 1. The predicted molar refractivity (Wildman–Crippen MR) is 82.8 cm³/mol. The van der Waals surface area contributed by atoms with Crippen molar-refractivity contribution < 1.29 is 9.72 Å². The SMILES string of the molecule is Cc1cc([N+](=O)[O-])ccc1NC(=O)c1csc(I)c1. The molecule has 1 heterocycles. The Morgan fingerprint density at radius 2 is 2.16 bits per heavy atom. The maximum Gasteiger partial charge on any atom is 0.269 e. The molecule has 0 saturated carbocycles. The van der Waals surface area contributed by atoms with Gasteiger partial charge in [-0.1, -0.05) is 0 Å². The van der Waals surface area contributed by atoms with Gasteiger partial charge in [-0.2, -0.15) is 0 Å². The molecule has 19 heavy (non-hydrogen) atoms. The summed E-state index contributed by atoms with van der Waals surface area (Å²) in [6.45, 7) is 1.72. The zero-order chi connectivity index (χ0) is 14.0. The maximum atomic E-state index is 12.0. The molecule has 98 valence electrons. The van der Waals surface area contributed by atoms with Gasteiger partial charge in [-0.15, -0.1) is 11.3 Å². The molecule has 1 N–H and O–H groups in total. The Balaban J connectivity index is 2.20. The van der Waals surface area contributed by atoms with E-state index in [1.807, 2.05) is 0 Å². The highest BCUT2D eigenvalue weighted by atomic mass is 127. The third-order valence-corrected chi connectivity index (χ3v) is 4.29. The van der Waals surface area contributed by atoms with E-state index in [0.717, 1.165) is 2.88 Å². The number of carbonyl (C=O) groups is 1. The van der Waals surface area contributed by atoms with Crippen LogP contribution in [-0.2, 0) is 0 Å². The van der Waals surface area contributed by atoms with Crippen LogP contribution in [0.1, 0.15) is 15.9 Å². The van der Waals surface area contributed by atoms with E-state index in [2.05, 4.69) is 27.9 Å². The van der Waals surface area contributed by atoms with Gasteiger partial charge in [0.15, 0.2) is 0 Å². The molecule has 0 spiro atoms. The van der Waals surface area contributed by atoms with Gasteiger partial charge in [-0.3, -0.25) is 14.9 Å². The van der Waals surface area contributed by atoms with Gasteiger partial charge in [0.2, 0.25) is 0 Å². The summed E-state index contributed by atoms with van der Waals surface area (Å²) in [5.41, 5.74) is 1.84. The highest BCUT2D eigenvalue weighted by molar-refractivity contribution is 14.1. The zero-order valence-corrected chi connectivity index (χ0v) is 12.8. The molecule has 0 fully saturated rings. The molecule has 0 bridgehead atoms. The van der Waals surface area contributed by atoms with E-state index in [1.54, 1.807) is 24.4 Å². The Bertz CT molecular complexity index is 654. The largest absolute Gasteiger partial charge is 0.322 e. The monoisotopic (exact) mass is 388 g/mol. The lowest BCUT2D eigenvalue weighted by molar-refractivity contribution is -0.384. The number of carbonyl (C=O) groups excluding carboxylic acids is 1. The minimum atomic E-state index is -0.458. The first-order valence-corrected chi connectivity index (χ1v) is 7.23. The van der Waals surface area contributed by atoms with Crippen LogP contribution in [0.3, 0.4) is 0 Å². The van der Waals surface area contributed by atoms with Crippen LogP contribution in [0.5, 0.6) is 0 Å². The number of rotatable bonds is 3. The molecule has 0 aliphatic heterocycles. The molecule has 1 amide bonds. The summed E-state index contributed by atoms with van der Waals surface area (Å²) in [5, 5.41) is 15.2. The van der Waals surface area contributed by atoms with E-state index in [9.17, 15) is 14.9 Å². The summed E-state index contributed by atoms with van der Waals surface area (Å²) < 4.78 is 1.03. The summed E-state index contributed by atoms with van der Waals surface area (Å²) in [6.07, 6.45) is 0. The minimum absolute atomic E-state index is 0.0144. The molecular weight excluding hydrogens is 379 g/mol. The Morgan fingerprint density at radius 1 is 1.42 bits per heavy atom. The van der Waals surface area contributed by atoms with Crippen molar-refractivity contribution in [1.82, 2.24) is 0 Å².